The Balaban J connectivity index is 2.64. The number of hydrogen-bond donors (Lipinski definition) is 2. The molecule has 0 fully saturated rings. The van der Waals surface area contributed by atoms with Gasteiger partial charge in [0.2, 0.25) is 5.91 Å². The van der Waals surface area contributed by atoms with Crippen LogP contribution in [-0.2, 0) is 9.59 Å². The van der Waals surface area contributed by atoms with Crippen LogP contribution < -0.4 is 10.6 Å². The molecule has 16 heavy (non-hydrogen) atoms. The van der Waals surface area contributed by atoms with Crippen LogP contribution in [-0.4, -0.2) is 17.9 Å². The average Bonchev–Trinajstić information content (AvgIpc) is 2.26. The second-order valence-corrected chi connectivity index (χ2v) is 3.12. The first-order chi connectivity index (χ1) is 7.63. The lowest BCUT2D eigenvalue weighted by molar-refractivity contribution is -0.124. The first-order valence-corrected chi connectivity index (χ1v) is 4.66. The van der Waals surface area contributed by atoms with Crippen molar-refractivity contribution in [2.75, 3.05) is 5.32 Å². The van der Waals surface area contributed by atoms with Gasteiger partial charge in [-0.15, -0.1) is 0 Å². The zero-order valence-corrected chi connectivity index (χ0v) is 8.73. The number of carbonyl (C=O) groups excluding carboxylic acids is 2. The number of amides is 2. The molecule has 0 aromatic heterocycles. The molecule has 0 aliphatic heterocycles. The predicted octanol–water partition coefficient (Wildman–Crippen LogP) is 0.653. The van der Waals surface area contributed by atoms with E-state index in [0.29, 0.717) is 5.69 Å². The van der Waals surface area contributed by atoms with Crippen molar-refractivity contribution < 1.29 is 9.59 Å². The summed E-state index contributed by atoms with van der Waals surface area (Å²) in [4.78, 5) is 22.3. The highest BCUT2D eigenvalue weighted by atomic mass is 16.2. The van der Waals surface area contributed by atoms with Gasteiger partial charge in [-0.25, -0.2) is 0 Å². The van der Waals surface area contributed by atoms with Crippen LogP contribution >= 0.6 is 0 Å². The van der Waals surface area contributed by atoms with Crippen LogP contribution in [0.5, 0.6) is 0 Å². The Morgan fingerprint density at radius 2 is 1.94 bits per heavy atom. The molecule has 0 aliphatic carbocycles. The number of hydrogen-bond acceptors (Lipinski definition) is 3. The minimum absolute atomic E-state index is 0.422. The van der Waals surface area contributed by atoms with Gasteiger partial charge in [0.1, 0.15) is 0 Å². The van der Waals surface area contributed by atoms with Crippen molar-refractivity contribution in [3.63, 3.8) is 0 Å². The summed E-state index contributed by atoms with van der Waals surface area (Å²) in [6.07, 6.45) is 0. The fraction of sp³-hybridized carbons (Fsp3) is 0.182. The van der Waals surface area contributed by atoms with Gasteiger partial charge in [0.15, 0.2) is 6.04 Å². The Bertz CT molecular complexity index is 423. The maximum atomic E-state index is 11.5. The van der Waals surface area contributed by atoms with Gasteiger partial charge in [-0.2, -0.15) is 5.26 Å². The highest BCUT2D eigenvalue weighted by molar-refractivity contribution is 5.98. The summed E-state index contributed by atoms with van der Waals surface area (Å²) in [6, 6.07) is 9.26. The molecule has 1 aromatic carbocycles. The molecule has 0 spiro atoms. The van der Waals surface area contributed by atoms with Gasteiger partial charge in [-0.05, 0) is 12.1 Å². The third-order valence-electron chi connectivity index (χ3n) is 1.78. The summed E-state index contributed by atoms with van der Waals surface area (Å²) in [6.45, 7) is 1.25. The molecule has 1 aromatic rings. The molecule has 2 amide bonds. The van der Waals surface area contributed by atoms with Gasteiger partial charge >= 0.3 is 0 Å². The van der Waals surface area contributed by atoms with Gasteiger partial charge in [-0.1, -0.05) is 18.2 Å². The Kier molecular flexibility index (Phi) is 4.04. The SMILES string of the molecule is CC(=O)NC(C#N)C(=O)Nc1ccccc1. The topological polar surface area (TPSA) is 82.0 Å². The lowest BCUT2D eigenvalue weighted by atomic mass is 10.2. The Labute approximate surface area is 93.1 Å². The van der Waals surface area contributed by atoms with Gasteiger partial charge in [0.25, 0.3) is 5.91 Å². The summed E-state index contributed by atoms with van der Waals surface area (Å²) in [5.74, 6) is -0.973. The van der Waals surface area contributed by atoms with E-state index in [4.69, 9.17) is 5.26 Å². The molecule has 1 unspecified atom stereocenters. The molecular formula is C11H11N3O2. The highest BCUT2D eigenvalue weighted by Crippen LogP contribution is 2.05. The number of anilines is 1. The third-order valence-corrected chi connectivity index (χ3v) is 1.78. The van der Waals surface area contributed by atoms with Crippen LogP contribution in [0.25, 0.3) is 0 Å². The molecule has 0 saturated carbocycles. The minimum Gasteiger partial charge on any atom is -0.333 e. The predicted molar refractivity (Wildman–Crippen MR) is 58.3 cm³/mol. The van der Waals surface area contributed by atoms with E-state index in [1.165, 1.54) is 6.92 Å². The van der Waals surface area contributed by atoms with Crippen molar-refractivity contribution >= 4 is 17.5 Å². The van der Waals surface area contributed by atoms with Crippen LogP contribution in [0.4, 0.5) is 5.69 Å². The van der Waals surface area contributed by atoms with Gasteiger partial charge in [0, 0.05) is 12.6 Å². The average molecular weight is 217 g/mol. The summed E-state index contributed by atoms with van der Waals surface area (Å²) >= 11 is 0. The van der Waals surface area contributed by atoms with Crippen LogP contribution in [0.3, 0.4) is 0 Å². The molecule has 0 saturated heterocycles. The molecule has 1 rings (SSSR count). The normalized spacial score (nSPS) is 11.0. The van der Waals surface area contributed by atoms with Crippen molar-refractivity contribution in [3.05, 3.63) is 30.3 Å². The van der Waals surface area contributed by atoms with Gasteiger partial charge in [0.05, 0.1) is 6.07 Å². The lowest BCUT2D eigenvalue weighted by Crippen LogP contribution is -2.41. The fourth-order valence-electron chi connectivity index (χ4n) is 1.10. The molecule has 0 aliphatic rings. The van der Waals surface area contributed by atoms with E-state index in [9.17, 15) is 9.59 Å². The largest absolute Gasteiger partial charge is 0.333 e. The highest BCUT2D eigenvalue weighted by Gasteiger charge is 2.18. The molecule has 2 N–H and O–H groups in total. The number of nitrogens with one attached hydrogen (secondary N) is 2. The molecule has 0 bridgehead atoms. The lowest BCUT2D eigenvalue weighted by Gasteiger charge is -2.10. The molecule has 1 atom stereocenters. The van der Waals surface area contributed by atoms with Crippen molar-refractivity contribution in [2.45, 2.75) is 13.0 Å². The molecule has 5 heteroatoms. The molecule has 5 nitrogen and oxygen atoms in total. The van der Waals surface area contributed by atoms with E-state index in [-0.39, 0.29) is 0 Å². The summed E-state index contributed by atoms with van der Waals surface area (Å²) in [5, 5.41) is 13.5. The number of rotatable bonds is 3. The Morgan fingerprint density at radius 3 is 2.44 bits per heavy atom. The number of nitriles is 1. The number of benzene rings is 1. The van der Waals surface area contributed by atoms with Crippen LogP contribution in [0, 0.1) is 11.3 Å². The van der Waals surface area contributed by atoms with Crippen LogP contribution in [0.15, 0.2) is 30.3 Å². The minimum atomic E-state index is -1.17. The van der Waals surface area contributed by atoms with Crippen molar-refractivity contribution in [2.24, 2.45) is 0 Å². The molecule has 82 valence electrons. The standard InChI is InChI=1S/C11H11N3O2/c1-8(15)13-10(7-12)11(16)14-9-5-3-2-4-6-9/h2-6,10H,1H3,(H,13,15)(H,14,16). The smallest absolute Gasteiger partial charge is 0.261 e. The summed E-state index contributed by atoms with van der Waals surface area (Å²) in [7, 11) is 0. The number of carbonyl (C=O) groups is 2. The molecule has 0 heterocycles. The summed E-state index contributed by atoms with van der Waals surface area (Å²) in [5.41, 5.74) is 0.582. The monoisotopic (exact) mass is 217 g/mol. The zero-order chi connectivity index (χ0) is 12.0. The van der Waals surface area contributed by atoms with E-state index < -0.39 is 17.9 Å². The van der Waals surface area contributed by atoms with Gasteiger partial charge in [-0.3, -0.25) is 9.59 Å². The van der Waals surface area contributed by atoms with E-state index in [1.54, 1.807) is 30.3 Å². The fourth-order valence-corrected chi connectivity index (χ4v) is 1.10. The Hall–Kier alpha value is -2.35. The van der Waals surface area contributed by atoms with Gasteiger partial charge < -0.3 is 10.6 Å². The molecular weight excluding hydrogens is 206 g/mol. The Morgan fingerprint density at radius 1 is 1.31 bits per heavy atom. The quantitative estimate of drug-likeness (QED) is 0.780. The second kappa shape index (κ2) is 5.51. The van der Waals surface area contributed by atoms with E-state index in [0.717, 1.165) is 0 Å². The van der Waals surface area contributed by atoms with E-state index in [2.05, 4.69) is 10.6 Å². The van der Waals surface area contributed by atoms with Crippen molar-refractivity contribution in [1.82, 2.24) is 5.32 Å². The summed E-state index contributed by atoms with van der Waals surface area (Å²) < 4.78 is 0. The maximum Gasteiger partial charge on any atom is 0.261 e. The van der Waals surface area contributed by atoms with Crippen LogP contribution in [0.1, 0.15) is 6.92 Å². The zero-order valence-electron chi connectivity index (χ0n) is 8.73. The third kappa shape index (κ3) is 3.42. The first-order valence-electron chi connectivity index (χ1n) is 4.66. The van der Waals surface area contributed by atoms with E-state index in [1.807, 2.05) is 6.07 Å². The van der Waals surface area contributed by atoms with Crippen molar-refractivity contribution in [3.8, 4) is 6.07 Å². The number of nitrogens with zero attached hydrogens (tertiary/aromatic N) is 1. The second-order valence-electron chi connectivity index (χ2n) is 3.12. The number of para-hydroxylation sites is 1. The van der Waals surface area contributed by atoms with Crippen molar-refractivity contribution in [1.29, 1.82) is 5.26 Å². The maximum absolute atomic E-state index is 11.5. The molecule has 0 radical (unpaired) electrons. The first kappa shape index (κ1) is 11.7. The van der Waals surface area contributed by atoms with Crippen LogP contribution in [0.2, 0.25) is 0 Å². The van der Waals surface area contributed by atoms with E-state index >= 15 is 0 Å².